The van der Waals surface area contributed by atoms with Crippen molar-refractivity contribution in [3.63, 3.8) is 0 Å². The van der Waals surface area contributed by atoms with Crippen molar-refractivity contribution in [1.82, 2.24) is 10.3 Å². The molecule has 0 spiro atoms. The number of fused-ring (bicyclic) bond motifs is 1. The molecule has 3 rings (SSSR count). The summed E-state index contributed by atoms with van der Waals surface area (Å²) in [6.45, 7) is 0.208. The van der Waals surface area contributed by atoms with E-state index in [4.69, 9.17) is 0 Å². The number of hydrogen-bond acceptors (Lipinski definition) is 3. The number of rotatable bonds is 3. The van der Waals surface area contributed by atoms with E-state index in [2.05, 4.69) is 10.3 Å². The molecule has 4 nitrogen and oxygen atoms in total. The molecule has 1 aliphatic carbocycles. The third-order valence-corrected chi connectivity index (χ3v) is 3.99. The molecule has 1 aromatic heterocycles. The molecule has 21 heavy (non-hydrogen) atoms. The Labute approximate surface area is 123 Å². The second kappa shape index (κ2) is 5.66. The van der Waals surface area contributed by atoms with Crippen LogP contribution in [0.25, 0.3) is 0 Å². The van der Waals surface area contributed by atoms with E-state index in [1.165, 1.54) is 5.56 Å². The maximum atomic E-state index is 12.1. The van der Waals surface area contributed by atoms with Gasteiger partial charge in [0.15, 0.2) is 0 Å². The third-order valence-electron chi connectivity index (χ3n) is 3.99. The van der Waals surface area contributed by atoms with Gasteiger partial charge in [0, 0.05) is 6.20 Å². The molecule has 0 aliphatic heterocycles. The second-order valence-corrected chi connectivity index (χ2v) is 5.44. The highest BCUT2D eigenvalue weighted by molar-refractivity contribution is 5.92. The van der Waals surface area contributed by atoms with Crippen LogP contribution in [0.5, 0.6) is 0 Å². The number of hydrogen-bond donors (Lipinski definition) is 2. The van der Waals surface area contributed by atoms with Crippen molar-refractivity contribution in [1.29, 1.82) is 0 Å². The van der Waals surface area contributed by atoms with Crippen molar-refractivity contribution < 1.29 is 9.90 Å². The van der Waals surface area contributed by atoms with Crippen LogP contribution >= 0.6 is 0 Å². The zero-order valence-electron chi connectivity index (χ0n) is 11.7. The second-order valence-electron chi connectivity index (χ2n) is 5.44. The van der Waals surface area contributed by atoms with Gasteiger partial charge in [-0.25, -0.2) is 0 Å². The smallest absolute Gasteiger partial charge is 0.269 e. The number of nitrogens with zero attached hydrogens (tertiary/aromatic N) is 1. The third kappa shape index (κ3) is 2.81. The highest BCUT2D eigenvalue weighted by atomic mass is 16.3. The van der Waals surface area contributed by atoms with Crippen molar-refractivity contribution in [3.05, 3.63) is 65.5 Å². The average Bonchev–Trinajstić information content (AvgIpc) is 2.54. The highest BCUT2D eigenvalue weighted by Gasteiger charge is 2.34. The molecular weight excluding hydrogens is 264 g/mol. The number of benzene rings is 1. The van der Waals surface area contributed by atoms with Crippen LogP contribution in [0.15, 0.2) is 48.7 Å². The van der Waals surface area contributed by atoms with Crippen LogP contribution in [0.2, 0.25) is 0 Å². The lowest BCUT2D eigenvalue weighted by atomic mass is 9.79. The zero-order chi connectivity index (χ0) is 14.7. The van der Waals surface area contributed by atoms with Crippen LogP contribution in [-0.4, -0.2) is 22.5 Å². The number of carbonyl (C=O) groups is 1. The molecule has 1 heterocycles. The quantitative estimate of drug-likeness (QED) is 0.905. The fourth-order valence-electron chi connectivity index (χ4n) is 2.90. The van der Waals surface area contributed by atoms with Gasteiger partial charge in [-0.15, -0.1) is 0 Å². The fourth-order valence-corrected chi connectivity index (χ4v) is 2.90. The largest absolute Gasteiger partial charge is 0.383 e. The van der Waals surface area contributed by atoms with E-state index in [0.717, 1.165) is 18.4 Å². The van der Waals surface area contributed by atoms with Crippen LogP contribution in [-0.2, 0) is 12.0 Å². The summed E-state index contributed by atoms with van der Waals surface area (Å²) in [6, 6.07) is 13.1. The lowest BCUT2D eigenvalue weighted by Crippen LogP contribution is -2.43. The van der Waals surface area contributed by atoms with Crippen LogP contribution in [0.4, 0.5) is 0 Å². The van der Waals surface area contributed by atoms with Gasteiger partial charge in [0.1, 0.15) is 11.3 Å². The molecule has 0 fully saturated rings. The lowest BCUT2D eigenvalue weighted by molar-refractivity contribution is 0.0189. The molecule has 1 atom stereocenters. The molecule has 108 valence electrons. The predicted molar refractivity (Wildman–Crippen MR) is 79.8 cm³/mol. The molecule has 1 aromatic carbocycles. The van der Waals surface area contributed by atoms with Crippen LogP contribution in [0.1, 0.15) is 34.5 Å². The number of pyridine rings is 1. The zero-order valence-corrected chi connectivity index (χ0v) is 11.7. The van der Waals surface area contributed by atoms with Gasteiger partial charge in [-0.2, -0.15) is 0 Å². The highest BCUT2D eigenvalue weighted by Crippen LogP contribution is 2.34. The Bertz CT molecular complexity index is 642. The average molecular weight is 282 g/mol. The summed E-state index contributed by atoms with van der Waals surface area (Å²) in [5.74, 6) is -0.257. The summed E-state index contributed by atoms with van der Waals surface area (Å²) in [5, 5.41) is 13.7. The molecule has 0 saturated heterocycles. The minimum Gasteiger partial charge on any atom is -0.383 e. The van der Waals surface area contributed by atoms with Crippen LogP contribution in [0.3, 0.4) is 0 Å². The van der Waals surface area contributed by atoms with E-state index in [1.54, 1.807) is 24.4 Å². The Morgan fingerprint density at radius 3 is 2.86 bits per heavy atom. The number of carbonyl (C=O) groups excluding carboxylic acids is 1. The van der Waals surface area contributed by atoms with Gasteiger partial charge in [0.25, 0.3) is 5.91 Å². The van der Waals surface area contributed by atoms with Crippen molar-refractivity contribution in [2.75, 3.05) is 6.54 Å². The van der Waals surface area contributed by atoms with E-state index >= 15 is 0 Å². The summed E-state index contributed by atoms with van der Waals surface area (Å²) in [6.07, 6.45) is 4.14. The normalized spacial score (nSPS) is 20.6. The SMILES string of the molecule is O=C(NCC1(O)CCCc2ccccc21)c1ccccn1. The first-order valence-electron chi connectivity index (χ1n) is 7.19. The number of aliphatic hydroxyl groups is 1. The predicted octanol–water partition coefficient (Wildman–Crippen LogP) is 2.04. The molecule has 1 amide bonds. The minimum atomic E-state index is -0.987. The Kier molecular flexibility index (Phi) is 3.71. The number of aryl methyl sites for hydroxylation is 1. The van der Waals surface area contributed by atoms with Gasteiger partial charge in [-0.05, 0) is 42.5 Å². The first-order chi connectivity index (χ1) is 10.2. The molecule has 4 heteroatoms. The number of nitrogens with one attached hydrogen (secondary N) is 1. The Balaban J connectivity index is 1.75. The lowest BCUT2D eigenvalue weighted by Gasteiger charge is -2.34. The standard InChI is InChI=1S/C17H18N2O2/c20-16(15-9-3-4-11-18-15)19-12-17(21)10-5-7-13-6-1-2-8-14(13)17/h1-4,6,8-9,11,21H,5,7,10,12H2,(H,19,20). The monoisotopic (exact) mass is 282 g/mol. The molecule has 0 bridgehead atoms. The van der Waals surface area contributed by atoms with Crippen LogP contribution < -0.4 is 5.32 Å². The Morgan fingerprint density at radius 1 is 1.24 bits per heavy atom. The molecule has 2 aromatic rings. The van der Waals surface area contributed by atoms with Gasteiger partial charge in [0.05, 0.1) is 6.54 Å². The van der Waals surface area contributed by atoms with E-state index in [9.17, 15) is 9.90 Å². The van der Waals surface area contributed by atoms with Gasteiger partial charge < -0.3 is 10.4 Å². The first-order valence-corrected chi connectivity index (χ1v) is 7.19. The topological polar surface area (TPSA) is 62.2 Å². The molecule has 1 aliphatic rings. The number of aromatic nitrogens is 1. The van der Waals surface area contributed by atoms with Gasteiger partial charge in [-0.3, -0.25) is 9.78 Å². The number of amides is 1. The van der Waals surface area contributed by atoms with Gasteiger partial charge in [0.2, 0.25) is 0 Å². The van der Waals surface area contributed by atoms with Crippen LogP contribution in [0, 0.1) is 0 Å². The van der Waals surface area contributed by atoms with Crippen molar-refractivity contribution in [2.24, 2.45) is 0 Å². The van der Waals surface area contributed by atoms with E-state index in [1.807, 2.05) is 24.3 Å². The summed E-state index contributed by atoms with van der Waals surface area (Å²) in [4.78, 5) is 16.1. The molecule has 0 radical (unpaired) electrons. The fraction of sp³-hybridized carbons (Fsp3) is 0.294. The Hall–Kier alpha value is -2.20. The maximum Gasteiger partial charge on any atom is 0.269 e. The maximum absolute atomic E-state index is 12.1. The van der Waals surface area contributed by atoms with Crippen molar-refractivity contribution in [3.8, 4) is 0 Å². The molecule has 0 saturated carbocycles. The summed E-state index contributed by atoms with van der Waals surface area (Å²) >= 11 is 0. The van der Waals surface area contributed by atoms with Crippen molar-refractivity contribution >= 4 is 5.91 Å². The van der Waals surface area contributed by atoms with E-state index in [0.29, 0.717) is 12.1 Å². The van der Waals surface area contributed by atoms with Gasteiger partial charge >= 0.3 is 0 Å². The summed E-state index contributed by atoms with van der Waals surface area (Å²) < 4.78 is 0. The molecule has 2 N–H and O–H groups in total. The van der Waals surface area contributed by atoms with E-state index < -0.39 is 5.60 Å². The minimum absolute atomic E-state index is 0.208. The molecular formula is C17H18N2O2. The first kappa shape index (κ1) is 13.8. The van der Waals surface area contributed by atoms with Gasteiger partial charge in [-0.1, -0.05) is 30.3 Å². The van der Waals surface area contributed by atoms with Crippen molar-refractivity contribution in [2.45, 2.75) is 24.9 Å². The van der Waals surface area contributed by atoms with E-state index in [-0.39, 0.29) is 12.5 Å². The summed E-state index contributed by atoms with van der Waals surface area (Å²) in [5.41, 5.74) is 1.47. The Morgan fingerprint density at radius 2 is 2.05 bits per heavy atom. The molecule has 1 unspecified atom stereocenters. The summed E-state index contributed by atoms with van der Waals surface area (Å²) in [7, 11) is 0.